The fraction of sp³-hybridized carbons (Fsp3) is 0.273. The van der Waals surface area contributed by atoms with Crippen molar-refractivity contribution < 1.29 is 22.4 Å². The van der Waals surface area contributed by atoms with Crippen LogP contribution in [0.15, 0.2) is 62.6 Å². The second-order valence-electron chi connectivity index (χ2n) is 7.31. The summed E-state index contributed by atoms with van der Waals surface area (Å²) in [5.41, 5.74) is 1.43. The van der Waals surface area contributed by atoms with Gasteiger partial charge in [-0.3, -0.25) is 0 Å². The van der Waals surface area contributed by atoms with Crippen LogP contribution in [-0.2, 0) is 21.4 Å². The Morgan fingerprint density at radius 1 is 1.13 bits per heavy atom. The maximum atomic E-state index is 12.7. The molecule has 0 aliphatic heterocycles. The number of esters is 1. The van der Waals surface area contributed by atoms with Gasteiger partial charge in [0.05, 0.1) is 10.5 Å². The van der Waals surface area contributed by atoms with Gasteiger partial charge in [-0.25, -0.2) is 18.0 Å². The van der Waals surface area contributed by atoms with E-state index >= 15 is 0 Å². The summed E-state index contributed by atoms with van der Waals surface area (Å²) in [7, 11) is -2.24. The Morgan fingerprint density at radius 3 is 2.57 bits per heavy atom. The van der Waals surface area contributed by atoms with E-state index in [-0.39, 0.29) is 23.1 Å². The summed E-state index contributed by atoms with van der Waals surface area (Å²) in [6.07, 6.45) is 0. The number of aryl methyl sites for hydroxylation is 1. The van der Waals surface area contributed by atoms with Crippen LogP contribution in [0.3, 0.4) is 0 Å². The van der Waals surface area contributed by atoms with Gasteiger partial charge in [0.15, 0.2) is 0 Å². The number of rotatable bonds is 6. The van der Waals surface area contributed by atoms with Gasteiger partial charge in [-0.05, 0) is 50.6 Å². The van der Waals surface area contributed by atoms with E-state index in [1.165, 1.54) is 41.7 Å². The van der Waals surface area contributed by atoms with Crippen molar-refractivity contribution in [3.05, 3.63) is 75.6 Å². The molecule has 0 bridgehead atoms. The zero-order valence-electron chi connectivity index (χ0n) is 17.2. The standard InChI is InChI=1S/C22H23NO6S/c1-14(2)23(4)30(26,27)18-7-5-6-16(11-18)22(25)28-13-17-12-21(24)29-20-10-15(3)8-9-19(17)20/h5-12,14H,13H2,1-4H3. The molecular formula is C22H23NO6S. The highest BCUT2D eigenvalue weighted by atomic mass is 32.2. The summed E-state index contributed by atoms with van der Waals surface area (Å²) in [5.74, 6) is -0.687. The lowest BCUT2D eigenvalue weighted by Gasteiger charge is -2.21. The minimum Gasteiger partial charge on any atom is -0.457 e. The summed E-state index contributed by atoms with van der Waals surface area (Å²) in [6, 6.07) is 12.2. The maximum Gasteiger partial charge on any atom is 0.338 e. The van der Waals surface area contributed by atoms with Crippen LogP contribution in [0.5, 0.6) is 0 Å². The third-order valence-electron chi connectivity index (χ3n) is 4.82. The highest BCUT2D eigenvalue weighted by Gasteiger charge is 2.24. The first-order chi connectivity index (χ1) is 14.1. The fourth-order valence-electron chi connectivity index (χ4n) is 2.91. The van der Waals surface area contributed by atoms with Crippen molar-refractivity contribution >= 4 is 27.0 Å². The number of hydrogen-bond acceptors (Lipinski definition) is 6. The van der Waals surface area contributed by atoms with E-state index in [0.717, 1.165) is 5.56 Å². The van der Waals surface area contributed by atoms with E-state index in [9.17, 15) is 18.0 Å². The molecule has 0 saturated carbocycles. The second-order valence-corrected chi connectivity index (χ2v) is 9.31. The Morgan fingerprint density at radius 2 is 1.87 bits per heavy atom. The quantitative estimate of drug-likeness (QED) is 0.440. The summed E-state index contributed by atoms with van der Waals surface area (Å²) in [4.78, 5) is 24.4. The molecule has 3 rings (SSSR count). The average molecular weight is 429 g/mol. The van der Waals surface area contributed by atoms with Crippen molar-refractivity contribution in [1.82, 2.24) is 4.31 Å². The van der Waals surface area contributed by atoms with Crippen molar-refractivity contribution in [3.63, 3.8) is 0 Å². The monoisotopic (exact) mass is 429 g/mol. The molecule has 3 aromatic rings. The molecule has 2 aromatic carbocycles. The van der Waals surface area contributed by atoms with E-state index in [4.69, 9.17) is 9.15 Å². The molecule has 30 heavy (non-hydrogen) atoms. The predicted octanol–water partition coefficient (Wildman–Crippen LogP) is 3.49. The molecule has 7 nitrogen and oxygen atoms in total. The molecule has 0 radical (unpaired) electrons. The molecule has 0 amide bonds. The Bertz CT molecular complexity index is 1260. The van der Waals surface area contributed by atoms with Crippen LogP contribution in [0.2, 0.25) is 0 Å². The molecule has 1 heterocycles. The van der Waals surface area contributed by atoms with Crippen LogP contribution in [0.1, 0.15) is 35.3 Å². The highest BCUT2D eigenvalue weighted by molar-refractivity contribution is 7.89. The van der Waals surface area contributed by atoms with Crippen LogP contribution < -0.4 is 5.63 Å². The van der Waals surface area contributed by atoms with Gasteiger partial charge in [-0.15, -0.1) is 0 Å². The van der Waals surface area contributed by atoms with Crippen LogP contribution in [0.25, 0.3) is 11.0 Å². The zero-order chi connectivity index (χ0) is 22.1. The Kier molecular flexibility index (Phi) is 6.09. The third-order valence-corrected chi connectivity index (χ3v) is 6.85. The van der Waals surface area contributed by atoms with Crippen LogP contribution in [0, 0.1) is 6.92 Å². The number of benzene rings is 2. The molecular weight excluding hydrogens is 406 g/mol. The summed E-state index contributed by atoms with van der Waals surface area (Å²) >= 11 is 0. The summed E-state index contributed by atoms with van der Waals surface area (Å²) < 4.78 is 37.1. The lowest BCUT2D eigenvalue weighted by molar-refractivity contribution is 0.0473. The van der Waals surface area contributed by atoms with Crippen molar-refractivity contribution in [1.29, 1.82) is 0 Å². The van der Waals surface area contributed by atoms with Gasteiger partial charge < -0.3 is 9.15 Å². The number of carbonyl (C=O) groups excluding carboxylic acids is 1. The molecule has 8 heteroatoms. The van der Waals surface area contributed by atoms with E-state index in [1.54, 1.807) is 26.0 Å². The van der Waals surface area contributed by atoms with Gasteiger partial charge in [0, 0.05) is 30.1 Å². The van der Waals surface area contributed by atoms with Crippen LogP contribution in [-0.4, -0.2) is 31.8 Å². The molecule has 0 aliphatic carbocycles. The maximum absolute atomic E-state index is 12.7. The number of fused-ring (bicyclic) bond motifs is 1. The lowest BCUT2D eigenvalue weighted by atomic mass is 10.1. The van der Waals surface area contributed by atoms with Crippen molar-refractivity contribution in [2.45, 2.75) is 38.3 Å². The van der Waals surface area contributed by atoms with E-state index in [0.29, 0.717) is 16.5 Å². The number of hydrogen-bond donors (Lipinski definition) is 0. The zero-order valence-corrected chi connectivity index (χ0v) is 18.0. The molecule has 0 N–H and O–H groups in total. The molecule has 0 atom stereocenters. The van der Waals surface area contributed by atoms with E-state index in [1.807, 2.05) is 13.0 Å². The first-order valence-corrected chi connectivity index (χ1v) is 10.8. The Balaban J connectivity index is 1.85. The minimum atomic E-state index is -3.73. The fourth-order valence-corrected chi connectivity index (χ4v) is 4.32. The summed E-state index contributed by atoms with van der Waals surface area (Å²) in [6.45, 7) is 5.26. The number of sulfonamides is 1. The first kappa shape index (κ1) is 21.7. The minimum absolute atomic E-state index is 0.00873. The number of ether oxygens (including phenoxy) is 1. The molecule has 0 spiro atoms. The number of nitrogens with zero attached hydrogens (tertiary/aromatic N) is 1. The number of carbonyl (C=O) groups is 1. The van der Waals surface area contributed by atoms with Gasteiger partial charge in [-0.1, -0.05) is 18.2 Å². The van der Waals surface area contributed by atoms with Crippen molar-refractivity contribution in [3.8, 4) is 0 Å². The molecule has 0 saturated heterocycles. The normalized spacial score (nSPS) is 11.9. The predicted molar refractivity (Wildman–Crippen MR) is 113 cm³/mol. The first-order valence-electron chi connectivity index (χ1n) is 9.38. The lowest BCUT2D eigenvalue weighted by Crippen LogP contribution is -2.33. The van der Waals surface area contributed by atoms with E-state index in [2.05, 4.69) is 0 Å². The molecule has 0 aliphatic rings. The largest absolute Gasteiger partial charge is 0.457 e. The Hall–Kier alpha value is -2.97. The van der Waals surface area contributed by atoms with Crippen LogP contribution in [0.4, 0.5) is 0 Å². The smallest absolute Gasteiger partial charge is 0.338 e. The van der Waals surface area contributed by atoms with Crippen molar-refractivity contribution in [2.75, 3.05) is 7.05 Å². The van der Waals surface area contributed by atoms with Crippen LogP contribution >= 0.6 is 0 Å². The van der Waals surface area contributed by atoms with Gasteiger partial charge in [-0.2, -0.15) is 4.31 Å². The Labute approximate surface area is 174 Å². The van der Waals surface area contributed by atoms with Gasteiger partial charge in [0.2, 0.25) is 10.0 Å². The molecule has 1 aromatic heterocycles. The topological polar surface area (TPSA) is 93.9 Å². The second kappa shape index (κ2) is 8.41. The molecule has 0 fully saturated rings. The molecule has 158 valence electrons. The van der Waals surface area contributed by atoms with Gasteiger partial charge in [0.25, 0.3) is 0 Å². The average Bonchev–Trinajstić information content (AvgIpc) is 2.70. The van der Waals surface area contributed by atoms with Gasteiger partial charge >= 0.3 is 11.6 Å². The summed E-state index contributed by atoms with van der Waals surface area (Å²) in [5, 5.41) is 0.669. The highest BCUT2D eigenvalue weighted by Crippen LogP contribution is 2.21. The molecule has 0 unspecified atom stereocenters. The van der Waals surface area contributed by atoms with E-state index < -0.39 is 21.6 Å². The third kappa shape index (κ3) is 4.44. The van der Waals surface area contributed by atoms with Gasteiger partial charge in [0.1, 0.15) is 12.2 Å². The van der Waals surface area contributed by atoms with Crippen molar-refractivity contribution in [2.24, 2.45) is 0 Å². The SMILES string of the molecule is Cc1ccc2c(COC(=O)c3cccc(S(=O)(=O)N(C)C(C)C)c3)cc(=O)oc2c1.